The maximum Gasteiger partial charge on any atom is 0.0610 e. The van der Waals surface area contributed by atoms with Gasteiger partial charge in [0.2, 0.25) is 0 Å². The molecule has 2 aromatic rings. The van der Waals surface area contributed by atoms with Gasteiger partial charge < -0.3 is 15.0 Å². The van der Waals surface area contributed by atoms with Crippen LogP contribution in [0.3, 0.4) is 0 Å². The number of nitrogens with one attached hydrogen (secondary N) is 1. The monoisotopic (exact) mass is 274 g/mol. The maximum absolute atomic E-state index is 9.41. The van der Waals surface area contributed by atoms with E-state index in [-0.39, 0.29) is 6.61 Å². The lowest BCUT2D eigenvalue weighted by Gasteiger charge is -2.14. The van der Waals surface area contributed by atoms with Crippen LogP contribution in [0.15, 0.2) is 12.1 Å². The van der Waals surface area contributed by atoms with E-state index in [0.717, 1.165) is 6.42 Å². The predicted molar refractivity (Wildman–Crippen MR) is 86.8 cm³/mol. The van der Waals surface area contributed by atoms with Gasteiger partial charge in [-0.1, -0.05) is 26.8 Å². The summed E-state index contributed by atoms with van der Waals surface area (Å²) in [5, 5.41) is 14.0. The number of rotatable bonds is 5. The van der Waals surface area contributed by atoms with Gasteiger partial charge in [-0.05, 0) is 36.5 Å². The zero-order chi connectivity index (χ0) is 14.9. The summed E-state index contributed by atoms with van der Waals surface area (Å²) in [6.45, 7) is 9.66. The molecule has 0 spiro atoms. The van der Waals surface area contributed by atoms with Crippen LogP contribution in [-0.4, -0.2) is 23.3 Å². The van der Waals surface area contributed by atoms with Crippen LogP contribution in [0.1, 0.15) is 43.5 Å². The second kappa shape index (κ2) is 5.88. The fourth-order valence-corrected chi connectivity index (χ4v) is 3.20. The maximum atomic E-state index is 9.41. The van der Waals surface area contributed by atoms with Gasteiger partial charge in [-0.2, -0.15) is 0 Å². The highest BCUT2D eigenvalue weighted by atomic mass is 16.3. The topological polar surface area (TPSA) is 37.2 Å². The van der Waals surface area contributed by atoms with Crippen LogP contribution in [0.2, 0.25) is 0 Å². The largest absolute Gasteiger partial charge is 0.395 e. The molecule has 1 aromatic heterocycles. The third kappa shape index (κ3) is 2.20. The van der Waals surface area contributed by atoms with E-state index >= 15 is 0 Å². The second-order valence-corrected chi connectivity index (χ2v) is 5.62. The number of nitrogens with zero attached hydrogens (tertiary/aromatic N) is 1. The number of anilines is 1. The summed E-state index contributed by atoms with van der Waals surface area (Å²) in [5.74, 6) is 0.472. The lowest BCUT2D eigenvalue weighted by molar-refractivity contribution is 0.277. The molecular weight excluding hydrogens is 248 g/mol. The number of hydrogen-bond donors (Lipinski definition) is 2. The second-order valence-electron chi connectivity index (χ2n) is 5.62. The summed E-state index contributed by atoms with van der Waals surface area (Å²) in [4.78, 5) is 0. The van der Waals surface area contributed by atoms with Gasteiger partial charge in [-0.25, -0.2) is 0 Å². The number of aliphatic hydroxyl groups is 1. The number of aryl methyl sites for hydroxylation is 1. The minimum atomic E-state index is 0.176. The van der Waals surface area contributed by atoms with E-state index in [1.807, 2.05) is 7.05 Å². The van der Waals surface area contributed by atoms with Crippen molar-refractivity contribution in [3.8, 4) is 0 Å². The molecule has 3 nitrogen and oxygen atoms in total. The molecule has 0 aliphatic heterocycles. The summed E-state index contributed by atoms with van der Waals surface area (Å²) >= 11 is 0. The first-order valence-corrected chi connectivity index (χ1v) is 7.49. The fourth-order valence-electron chi connectivity index (χ4n) is 3.20. The molecule has 0 saturated carbocycles. The highest BCUT2D eigenvalue weighted by molar-refractivity contribution is 5.98. The molecule has 0 saturated heterocycles. The third-order valence-electron chi connectivity index (χ3n) is 4.19. The van der Waals surface area contributed by atoms with E-state index in [1.165, 1.54) is 33.4 Å². The Balaban J connectivity index is 2.92. The molecule has 110 valence electrons. The fraction of sp³-hybridized carbons (Fsp3) is 0.529. The van der Waals surface area contributed by atoms with Crippen molar-refractivity contribution in [3.63, 3.8) is 0 Å². The molecule has 3 heteroatoms. The van der Waals surface area contributed by atoms with E-state index in [4.69, 9.17) is 0 Å². The Morgan fingerprint density at radius 2 is 2.00 bits per heavy atom. The summed E-state index contributed by atoms with van der Waals surface area (Å²) in [5.41, 5.74) is 6.49. The molecule has 0 atom stereocenters. The molecule has 0 unspecified atom stereocenters. The number of aromatic nitrogens is 1. The van der Waals surface area contributed by atoms with Crippen molar-refractivity contribution >= 4 is 16.6 Å². The van der Waals surface area contributed by atoms with Gasteiger partial charge in [0, 0.05) is 30.4 Å². The Morgan fingerprint density at radius 1 is 1.30 bits per heavy atom. The molecule has 0 fully saturated rings. The number of benzene rings is 1. The molecule has 0 aliphatic rings. The Bertz CT molecular complexity index is 611. The van der Waals surface area contributed by atoms with Crippen molar-refractivity contribution < 1.29 is 5.11 Å². The normalized spacial score (nSPS) is 11.6. The number of fused-ring (bicyclic) bond motifs is 1. The molecule has 2 N–H and O–H groups in total. The van der Waals surface area contributed by atoms with Crippen LogP contribution in [0.25, 0.3) is 10.9 Å². The summed E-state index contributed by atoms with van der Waals surface area (Å²) in [6.07, 6.45) is 1.01. The van der Waals surface area contributed by atoms with Crippen molar-refractivity contribution in [2.24, 2.45) is 0 Å². The SMILES string of the molecule is CCc1c(C)n(CCO)c2c(C(C)C)ccc(NC)c12. The lowest BCUT2D eigenvalue weighted by Crippen LogP contribution is -2.06. The molecule has 20 heavy (non-hydrogen) atoms. The summed E-state index contributed by atoms with van der Waals surface area (Å²) in [7, 11) is 1.97. The van der Waals surface area contributed by atoms with Crippen LogP contribution in [0, 0.1) is 6.92 Å². The predicted octanol–water partition coefficient (Wildman–Crippen LogP) is 3.67. The van der Waals surface area contributed by atoms with Gasteiger partial charge in [0.05, 0.1) is 12.1 Å². The van der Waals surface area contributed by atoms with E-state index in [1.54, 1.807) is 0 Å². The Labute approximate surface area is 121 Å². The van der Waals surface area contributed by atoms with Crippen LogP contribution < -0.4 is 5.32 Å². The first-order chi connectivity index (χ1) is 9.56. The Kier molecular flexibility index (Phi) is 4.39. The average Bonchev–Trinajstić information content (AvgIpc) is 2.71. The van der Waals surface area contributed by atoms with Crippen LogP contribution >= 0.6 is 0 Å². The van der Waals surface area contributed by atoms with E-state index in [9.17, 15) is 5.11 Å². The molecule has 0 radical (unpaired) electrons. The Morgan fingerprint density at radius 3 is 2.50 bits per heavy atom. The molecule has 0 amide bonds. The van der Waals surface area contributed by atoms with Crippen molar-refractivity contribution in [1.29, 1.82) is 0 Å². The van der Waals surface area contributed by atoms with Gasteiger partial charge in [-0.3, -0.25) is 0 Å². The third-order valence-corrected chi connectivity index (χ3v) is 4.19. The van der Waals surface area contributed by atoms with Gasteiger partial charge >= 0.3 is 0 Å². The lowest BCUT2D eigenvalue weighted by atomic mass is 9.97. The van der Waals surface area contributed by atoms with Crippen molar-refractivity contribution in [3.05, 3.63) is 29.0 Å². The zero-order valence-corrected chi connectivity index (χ0v) is 13.2. The minimum absolute atomic E-state index is 0.176. The highest BCUT2D eigenvalue weighted by Crippen LogP contribution is 2.37. The van der Waals surface area contributed by atoms with E-state index < -0.39 is 0 Å². The van der Waals surface area contributed by atoms with Crippen LogP contribution in [-0.2, 0) is 13.0 Å². The van der Waals surface area contributed by atoms with Gasteiger partial charge in [-0.15, -0.1) is 0 Å². The zero-order valence-electron chi connectivity index (χ0n) is 13.2. The molecule has 0 bridgehead atoms. The summed E-state index contributed by atoms with van der Waals surface area (Å²) in [6, 6.07) is 4.39. The molecule has 1 heterocycles. The first-order valence-electron chi connectivity index (χ1n) is 7.49. The standard InChI is InChI=1S/C17H26N2O/c1-6-13-12(4)19(9-10-20)17-14(11(2)3)7-8-15(18-5)16(13)17/h7-8,11,18,20H,6,9-10H2,1-5H3. The Hall–Kier alpha value is -1.48. The van der Waals surface area contributed by atoms with Crippen molar-refractivity contribution in [1.82, 2.24) is 4.57 Å². The summed E-state index contributed by atoms with van der Waals surface area (Å²) < 4.78 is 2.28. The molecule has 0 aliphatic carbocycles. The van der Waals surface area contributed by atoms with Crippen LogP contribution in [0.5, 0.6) is 0 Å². The highest BCUT2D eigenvalue weighted by Gasteiger charge is 2.19. The average molecular weight is 274 g/mol. The van der Waals surface area contributed by atoms with E-state index in [2.05, 4.69) is 49.7 Å². The van der Waals surface area contributed by atoms with Gasteiger partial charge in [0.15, 0.2) is 0 Å². The minimum Gasteiger partial charge on any atom is -0.395 e. The van der Waals surface area contributed by atoms with Crippen molar-refractivity contribution in [2.45, 2.75) is 46.6 Å². The van der Waals surface area contributed by atoms with Crippen molar-refractivity contribution in [2.75, 3.05) is 19.0 Å². The number of aliphatic hydroxyl groups excluding tert-OH is 1. The molecular formula is C17H26N2O. The number of hydrogen-bond acceptors (Lipinski definition) is 2. The molecule has 1 aromatic carbocycles. The quantitative estimate of drug-likeness (QED) is 0.873. The van der Waals surface area contributed by atoms with Gasteiger partial charge in [0.1, 0.15) is 0 Å². The van der Waals surface area contributed by atoms with Gasteiger partial charge in [0.25, 0.3) is 0 Å². The molecule has 2 rings (SSSR count). The van der Waals surface area contributed by atoms with Crippen LogP contribution in [0.4, 0.5) is 5.69 Å². The first kappa shape index (κ1) is 14.9. The van der Waals surface area contributed by atoms with E-state index in [0.29, 0.717) is 12.5 Å². The smallest absolute Gasteiger partial charge is 0.0610 e.